The fourth-order valence-corrected chi connectivity index (χ4v) is 3.66. The Kier molecular flexibility index (Phi) is 15.2. The minimum atomic E-state index is -1.50. The summed E-state index contributed by atoms with van der Waals surface area (Å²) in [4.78, 5) is 61.7. The summed E-state index contributed by atoms with van der Waals surface area (Å²) < 4.78 is 0. The van der Waals surface area contributed by atoms with Crippen molar-refractivity contribution in [2.75, 3.05) is 13.1 Å². The van der Waals surface area contributed by atoms with Crippen molar-refractivity contribution < 1.29 is 34.2 Å². The molecule has 13 heteroatoms. The van der Waals surface area contributed by atoms with Gasteiger partial charge < -0.3 is 43.4 Å². The molecular formula is C25H40N6O7. The monoisotopic (exact) mass is 536 g/mol. The number of carbonyl (C=O) groups excluding carboxylic acids is 3. The summed E-state index contributed by atoms with van der Waals surface area (Å²) in [6.45, 7) is 0.772. The molecule has 0 heterocycles. The maximum Gasteiger partial charge on any atom is 0.326 e. The summed E-state index contributed by atoms with van der Waals surface area (Å²) in [5.74, 6) is -4.97. The number of rotatable bonds is 19. The Morgan fingerprint density at radius 3 is 1.79 bits per heavy atom. The number of hydrogen-bond acceptors (Lipinski definition) is 8. The average Bonchev–Trinajstić information content (AvgIpc) is 2.87. The third-order valence-corrected chi connectivity index (χ3v) is 5.79. The molecule has 3 amide bonds. The average molecular weight is 537 g/mol. The number of carboxylic acids is 2. The summed E-state index contributed by atoms with van der Waals surface area (Å²) in [5, 5.41) is 26.1. The lowest BCUT2D eigenvalue weighted by atomic mass is 10.0. The van der Waals surface area contributed by atoms with Crippen LogP contribution in [0.15, 0.2) is 30.3 Å². The van der Waals surface area contributed by atoms with Gasteiger partial charge in [0.1, 0.15) is 18.1 Å². The molecule has 212 valence electrons. The number of hydrogen-bond donors (Lipinski definition) is 8. The molecule has 1 aromatic rings. The molecule has 0 aliphatic heterocycles. The molecule has 0 bridgehead atoms. The molecule has 0 aliphatic rings. The standard InChI is InChI=1S/C25H40N6O7/c26-12-6-4-10-17(28)22(34)30-19(15-21(32)33)24(36)29-18(11-5-7-13-27)23(35)31-20(25(37)38)14-16-8-2-1-3-9-16/h1-3,8-9,17-20H,4-7,10-15,26-28H2,(H,29,36)(H,30,34)(H,31,35)(H,32,33)(H,37,38). The van der Waals surface area contributed by atoms with Gasteiger partial charge in [0.25, 0.3) is 0 Å². The topological polar surface area (TPSA) is 240 Å². The molecule has 4 atom stereocenters. The van der Waals surface area contributed by atoms with Crippen LogP contribution in [0.3, 0.4) is 0 Å². The molecule has 0 fully saturated rings. The number of benzene rings is 1. The molecule has 0 saturated heterocycles. The normalized spacial score (nSPS) is 14.0. The van der Waals surface area contributed by atoms with Crippen molar-refractivity contribution in [3.8, 4) is 0 Å². The highest BCUT2D eigenvalue weighted by molar-refractivity contribution is 5.95. The number of amides is 3. The minimum absolute atomic E-state index is 0.0190. The summed E-state index contributed by atoms with van der Waals surface area (Å²) in [7, 11) is 0. The third-order valence-electron chi connectivity index (χ3n) is 5.79. The number of nitrogens with one attached hydrogen (secondary N) is 3. The van der Waals surface area contributed by atoms with Gasteiger partial charge in [0.2, 0.25) is 17.7 Å². The van der Waals surface area contributed by atoms with Gasteiger partial charge in [-0.1, -0.05) is 36.8 Å². The summed E-state index contributed by atoms with van der Waals surface area (Å²) >= 11 is 0. The first-order valence-electron chi connectivity index (χ1n) is 12.6. The lowest BCUT2D eigenvalue weighted by Gasteiger charge is -2.25. The first-order valence-corrected chi connectivity index (χ1v) is 12.6. The second kappa shape index (κ2) is 17.8. The van der Waals surface area contributed by atoms with Crippen molar-refractivity contribution in [3.63, 3.8) is 0 Å². The number of carboxylic acid groups (broad SMARTS) is 2. The van der Waals surface area contributed by atoms with Crippen LogP contribution in [0.5, 0.6) is 0 Å². The van der Waals surface area contributed by atoms with Gasteiger partial charge in [0.15, 0.2) is 0 Å². The van der Waals surface area contributed by atoms with Crippen LogP contribution in [0.25, 0.3) is 0 Å². The van der Waals surface area contributed by atoms with E-state index < -0.39 is 60.2 Å². The van der Waals surface area contributed by atoms with Gasteiger partial charge in [0, 0.05) is 6.42 Å². The molecule has 0 aromatic heterocycles. The predicted molar refractivity (Wildman–Crippen MR) is 140 cm³/mol. The van der Waals surface area contributed by atoms with Crippen LogP contribution in [-0.2, 0) is 30.4 Å². The highest BCUT2D eigenvalue weighted by Crippen LogP contribution is 2.08. The van der Waals surface area contributed by atoms with Gasteiger partial charge in [-0.05, 0) is 50.8 Å². The lowest BCUT2D eigenvalue weighted by Crippen LogP contribution is -2.57. The minimum Gasteiger partial charge on any atom is -0.481 e. The highest BCUT2D eigenvalue weighted by Gasteiger charge is 2.31. The fraction of sp³-hybridized carbons (Fsp3) is 0.560. The van der Waals surface area contributed by atoms with Crippen LogP contribution in [0.1, 0.15) is 50.5 Å². The number of unbranched alkanes of at least 4 members (excludes halogenated alkanes) is 2. The van der Waals surface area contributed by atoms with Crippen LogP contribution in [0.4, 0.5) is 0 Å². The SMILES string of the molecule is NCCCCC(N)C(=O)NC(CC(=O)O)C(=O)NC(CCCCN)C(=O)NC(Cc1ccccc1)C(=O)O. The fourth-order valence-electron chi connectivity index (χ4n) is 3.66. The van der Waals surface area contributed by atoms with E-state index in [2.05, 4.69) is 16.0 Å². The quantitative estimate of drug-likeness (QED) is 0.0985. The zero-order chi connectivity index (χ0) is 28.5. The van der Waals surface area contributed by atoms with Crippen molar-refractivity contribution in [1.29, 1.82) is 0 Å². The van der Waals surface area contributed by atoms with Crippen molar-refractivity contribution in [1.82, 2.24) is 16.0 Å². The zero-order valence-corrected chi connectivity index (χ0v) is 21.4. The molecule has 1 aromatic carbocycles. The van der Waals surface area contributed by atoms with E-state index in [4.69, 9.17) is 17.2 Å². The van der Waals surface area contributed by atoms with E-state index in [1.807, 2.05) is 0 Å². The van der Waals surface area contributed by atoms with Crippen LogP contribution in [0, 0.1) is 0 Å². The van der Waals surface area contributed by atoms with Crippen molar-refractivity contribution in [2.24, 2.45) is 17.2 Å². The largest absolute Gasteiger partial charge is 0.481 e. The maximum atomic E-state index is 13.0. The predicted octanol–water partition coefficient (Wildman–Crippen LogP) is -1.17. The molecule has 13 nitrogen and oxygen atoms in total. The van der Waals surface area contributed by atoms with Crippen LogP contribution < -0.4 is 33.2 Å². The molecule has 0 radical (unpaired) electrons. The van der Waals surface area contributed by atoms with Gasteiger partial charge in [-0.25, -0.2) is 4.79 Å². The van der Waals surface area contributed by atoms with E-state index in [1.54, 1.807) is 30.3 Å². The Labute approximate surface area is 221 Å². The van der Waals surface area contributed by atoms with Crippen LogP contribution in [-0.4, -0.2) is 77.1 Å². The first kappa shape index (κ1) is 32.5. The van der Waals surface area contributed by atoms with Crippen molar-refractivity contribution in [3.05, 3.63) is 35.9 Å². The van der Waals surface area contributed by atoms with Gasteiger partial charge >= 0.3 is 11.9 Å². The molecule has 0 saturated carbocycles. The summed E-state index contributed by atoms with van der Waals surface area (Å²) in [6.07, 6.45) is 1.91. The number of aliphatic carboxylic acids is 2. The molecular weight excluding hydrogens is 496 g/mol. The van der Waals surface area contributed by atoms with Gasteiger partial charge in [-0.3, -0.25) is 19.2 Å². The second-order valence-corrected chi connectivity index (χ2v) is 8.98. The third kappa shape index (κ3) is 12.6. The summed E-state index contributed by atoms with van der Waals surface area (Å²) in [6, 6.07) is 3.80. The molecule has 4 unspecified atom stereocenters. The van der Waals surface area contributed by atoms with Crippen molar-refractivity contribution in [2.45, 2.75) is 75.5 Å². The molecule has 0 spiro atoms. The van der Waals surface area contributed by atoms with E-state index in [1.165, 1.54) is 0 Å². The first-order chi connectivity index (χ1) is 18.1. The van der Waals surface area contributed by atoms with Crippen LogP contribution in [0.2, 0.25) is 0 Å². The van der Waals surface area contributed by atoms with Gasteiger partial charge in [0.05, 0.1) is 12.5 Å². The highest BCUT2D eigenvalue weighted by atomic mass is 16.4. The van der Waals surface area contributed by atoms with E-state index in [-0.39, 0.29) is 12.8 Å². The van der Waals surface area contributed by atoms with Crippen molar-refractivity contribution >= 4 is 29.7 Å². The Bertz CT molecular complexity index is 915. The Morgan fingerprint density at radius 1 is 0.711 bits per heavy atom. The van der Waals surface area contributed by atoms with Gasteiger partial charge in [-0.15, -0.1) is 0 Å². The van der Waals surface area contributed by atoms with E-state index >= 15 is 0 Å². The Balaban J connectivity index is 2.97. The Hall–Kier alpha value is -3.55. The lowest BCUT2D eigenvalue weighted by molar-refractivity contribution is -0.143. The second-order valence-electron chi connectivity index (χ2n) is 8.98. The molecule has 11 N–H and O–H groups in total. The maximum absolute atomic E-state index is 13.0. The van der Waals surface area contributed by atoms with Gasteiger partial charge in [-0.2, -0.15) is 0 Å². The Morgan fingerprint density at radius 2 is 1.24 bits per heavy atom. The van der Waals surface area contributed by atoms with Crippen LogP contribution >= 0.6 is 0 Å². The van der Waals surface area contributed by atoms with E-state index in [0.29, 0.717) is 50.8 Å². The summed E-state index contributed by atoms with van der Waals surface area (Å²) in [5.41, 5.74) is 17.5. The zero-order valence-electron chi connectivity index (χ0n) is 21.4. The smallest absolute Gasteiger partial charge is 0.326 e. The molecule has 0 aliphatic carbocycles. The van der Waals surface area contributed by atoms with E-state index in [9.17, 15) is 34.2 Å². The number of carbonyl (C=O) groups is 5. The molecule has 38 heavy (non-hydrogen) atoms. The molecule has 1 rings (SSSR count). The van der Waals surface area contributed by atoms with E-state index in [0.717, 1.165) is 0 Å². The number of nitrogens with two attached hydrogens (primary N) is 3.